The normalized spacial score (nSPS) is 11.3. The van der Waals surface area contributed by atoms with Crippen molar-refractivity contribution < 1.29 is 4.42 Å². The second kappa shape index (κ2) is 13.4. The van der Waals surface area contributed by atoms with Gasteiger partial charge in [-0.2, -0.15) is 0 Å². The van der Waals surface area contributed by atoms with Crippen molar-refractivity contribution in [2.45, 2.75) is 0 Å². The van der Waals surface area contributed by atoms with Crippen molar-refractivity contribution in [3.8, 4) is 44.8 Å². The van der Waals surface area contributed by atoms with Crippen molar-refractivity contribution in [2.24, 2.45) is 0 Å². The summed E-state index contributed by atoms with van der Waals surface area (Å²) in [6.07, 6.45) is 0. The third-order valence-corrected chi connectivity index (χ3v) is 10.3. The molecule has 10 aromatic rings. The van der Waals surface area contributed by atoms with Crippen LogP contribution in [0.25, 0.3) is 77.5 Å². The molecule has 0 N–H and O–H groups in total. The minimum Gasteiger partial charge on any atom is -0.435 e. The molecule has 54 heavy (non-hydrogen) atoms. The minimum atomic E-state index is 0.628. The van der Waals surface area contributed by atoms with E-state index in [2.05, 4.69) is 181 Å². The van der Waals surface area contributed by atoms with Crippen LogP contribution in [0.2, 0.25) is 0 Å². The maximum absolute atomic E-state index is 6.57. The highest BCUT2D eigenvalue weighted by Crippen LogP contribution is 2.44. The molecule has 0 saturated carbocycles. The molecule has 0 amide bonds. The summed E-state index contributed by atoms with van der Waals surface area (Å²) in [7, 11) is 0. The van der Waals surface area contributed by atoms with Gasteiger partial charge in [0.2, 0.25) is 5.89 Å². The van der Waals surface area contributed by atoms with Crippen LogP contribution in [0.15, 0.2) is 211 Å². The van der Waals surface area contributed by atoms with Crippen LogP contribution in [0, 0.1) is 0 Å². The molecule has 0 radical (unpaired) electrons. The van der Waals surface area contributed by atoms with Crippen molar-refractivity contribution in [3.05, 3.63) is 206 Å². The van der Waals surface area contributed by atoms with E-state index in [0.29, 0.717) is 5.89 Å². The average molecular weight is 691 g/mol. The fraction of sp³-hybridized carbons (Fsp3) is 0. The van der Waals surface area contributed by atoms with E-state index < -0.39 is 0 Å². The van der Waals surface area contributed by atoms with E-state index in [0.717, 1.165) is 77.5 Å². The quantitative estimate of drug-likeness (QED) is 0.156. The van der Waals surface area contributed by atoms with Crippen LogP contribution in [-0.2, 0) is 0 Å². The van der Waals surface area contributed by atoms with Crippen LogP contribution >= 0.6 is 0 Å². The highest BCUT2D eigenvalue weighted by Gasteiger charge is 2.20. The Morgan fingerprint density at radius 3 is 1.59 bits per heavy atom. The first-order valence-electron chi connectivity index (χ1n) is 18.3. The SMILES string of the molecule is c1ccc(-c2cccc(N(c3cccc(-c4ccccc4)c3)c3ccccc3-c3ccc4ccc5ccc6nc(-c7ccccc7)oc6c5c4c3)c2)cc1. The van der Waals surface area contributed by atoms with Gasteiger partial charge in [-0.1, -0.05) is 152 Å². The summed E-state index contributed by atoms with van der Waals surface area (Å²) in [5.74, 6) is 0.628. The molecule has 0 bridgehead atoms. The van der Waals surface area contributed by atoms with E-state index >= 15 is 0 Å². The van der Waals surface area contributed by atoms with Gasteiger partial charge in [0, 0.05) is 27.9 Å². The van der Waals surface area contributed by atoms with Crippen molar-refractivity contribution in [1.82, 2.24) is 4.98 Å². The van der Waals surface area contributed by atoms with Crippen molar-refractivity contribution in [3.63, 3.8) is 0 Å². The molecule has 9 aromatic carbocycles. The lowest BCUT2D eigenvalue weighted by atomic mass is 9.95. The molecule has 0 unspecified atom stereocenters. The number of para-hydroxylation sites is 1. The minimum absolute atomic E-state index is 0.628. The lowest BCUT2D eigenvalue weighted by molar-refractivity contribution is 0.623. The third-order valence-electron chi connectivity index (χ3n) is 10.3. The number of anilines is 3. The molecule has 1 heterocycles. The Hall–Kier alpha value is -7.23. The molecule has 3 heteroatoms. The first-order valence-corrected chi connectivity index (χ1v) is 18.3. The van der Waals surface area contributed by atoms with E-state index in [9.17, 15) is 0 Å². The van der Waals surface area contributed by atoms with E-state index in [4.69, 9.17) is 9.40 Å². The van der Waals surface area contributed by atoms with Crippen LogP contribution in [0.1, 0.15) is 0 Å². The van der Waals surface area contributed by atoms with E-state index in [-0.39, 0.29) is 0 Å². The molecule has 0 aliphatic heterocycles. The van der Waals surface area contributed by atoms with Crippen molar-refractivity contribution in [1.29, 1.82) is 0 Å². The van der Waals surface area contributed by atoms with Crippen LogP contribution in [0.4, 0.5) is 17.1 Å². The molecule has 254 valence electrons. The molecular weight excluding hydrogens is 657 g/mol. The molecule has 0 aliphatic carbocycles. The molecule has 0 saturated heterocycles. The standard InChI is InChI=1S/C51H34N2O/c1-4-14-35(15-5-1)40-20-12-22-43(32-40)53(44-23-13-21-41(33-44)36-16-6-2-7-17-36)48-25-11-10-24-45(48)42-29-27-37-26-28-38-30-31-47-50(49(38)46(37)34-42)54-51(52-47)39-18-8-3-9-19-39/h1-34H. The fourth-order valence-corrected chi connectivity index (χ4v) is 7.64. The Morgan fingerprint density at radius 1 is 0.389 bits per heavy atom. The number of hydrogen-bond donors (Lipinski definition) is 0. The predicted octanol–water partition coefficient (Wildman–Crippen LogP) is 14.3. The Morgan fingerprint density at radius 2 is 0.926 bits per heavy atom. The zero-order chi connectivity index (χ0) is 35.8. The smallest absolute Gasteiger partial charge is 0.227 e. The summed E-state index contributed by atoms with van der Waals surface area (Å²) in [6.45, 7) is 0. The molecule has 0 aliphatic rings. The summed E-state index contributed by atoms with van der Waals surface area (Å²) < 4.78 is 6.57. The van der Waals surface area contributed by atoms with E-state index in [1.807, 2.05) is 30.3 Å². The number of aromatic nitrogens is 1. The largest absolute Gasteiger partial charge is 0.435 e. The van der Waals surface area contributed by atoms with Gasteiger partial charge in [-0.05, 0) is 98.6 Å². The summed E-state index contributed by atoms with van der Waals surface area (Å²) in [6, 6.07) is 73.1. The van der Waals surface area contributed by atoms with Gasteiger partial charge in [-0.3, -0.25) is 0 Å². The number of oxazole rings is 1. The van der Waals surface area contributed by atoms with Crippen molar-refractivity contribution in [2.75, 3.05) is 4.90 Å². The van der Waals surface area contributed by atoms with Crippen LogP contribution in [-0.4, -0.2) is 4.98 Å². The number of benzene rings is 9. The Bertz CT molecular complexity index is 2850. The Balaban J connectivity index is 1.17. The summed E-state index contributed by atoms with van der Waals surface area (Å²) in [5.41, 5.74) is 12.8. The summed E-state index contributed by atoms with van der Waals surface area (Å²) in [4.78, 5) is 7.30. The molecular formula is C51H34N2O. The van der Waals surface area contributed by atoms with Gasteiger partial charge < -0.3 is 9.32 Å². The highest BCUT2D eigenvalue weighted by molar-refractivity contribution is 6.18. The predicted molar refractivity (Wildman–Crippen MR) is 225 cm³/mol. The maximum Gasteiger partial charge on any atom is 0.227 e. The van der Waals surface area contributed by atoms with Crippen LogP contribution < -0.4 is 4.90 Å². The van der Waals surface area contributed by atoms with Gasteiger partial charge in [0.05, 0.1) is 5.69 Å². The van der Waals surface area contributed by atoms with Crippen molar-refractivity contribution >= 4 is 49.7 Å². The van der Waals surface area contributed by atoms with Gasteiger partial charge in [-0.15, -0.1) is 0 Å². The van der Waals surface area contributed by atoms with Gasteiger partial charge in [0.1, 0.15) is 5.52 Å². The molecule has 0 spiro atoms. The lowest BCUT2D eigenvalue weighted by Crippen LogP contribution is -2.11. The highest BCUT2D eigenvalue weighted by atomic mass is 16.3. The van der Waals surface area contributed by atoms with Crippen LogP contribution in [0.5, 0.6) is 0 Å². The Kier molecular flexibility index (Phi) is 7.81. The average Bonchev–Trinajstić information content (AvgIpc) is 3.70. The zero-order valence-corrected chi connectivity index (χ0v) is 29.4. The van der Waals surface area contributed by atoms with Gasteiger partial charge >= 0.3 is 0 Å². The maximum atomic E-state index is 6.57. The van der Waals surface area contributed by atoms with Gasteiger partial charge in [-0.25, -0.2) is 4.98 Å². The number of hydrogen-bond acceptors (Lipinski definition) is 3. The summed E-state index contributed by atoms with van der Waals surface area (Å²) >= 11 is 0. The van der Waals surface area contributed by atoms with E-state index in [1.165, 1.54) is 11.1 Å². The lowest BCUT2D eigenvalue weighted by Gasteiger charge is -2.29. The molecule has 3 nitrogen and oxygen atoms in total. The topological polar surface area (TPSA) is 29.3 Å². The van der Waals surface area contributed by atoms with Gasteiger partial charge in [0.25, 0.3) is 0 Å². The third kappa shape index (κ3) is 5.69. The Labute approximate surface area is 314 Å². The first kappa shape index (κ1) is 31.5. The van der Waals surface area contributed by atoms with Gasteiger partial charge in [0.15, 0.2) is 5.58 Å². The molecule has 0 fully saturated rings. The summed E-state index contributed by atoms with van der Waals surface area (Å²) in [5, 5.41) is 4.47. The van der Waals surface area contributed by atoms with Crippen LogP contribution in [0.3, 0.4) is 0 Å². The van der Waals surface area contributed by atoms with E-state index in [1.54, 1.807) is 0 Å². The second-order valence-electron chi connectivity index (χ2n) is 13.6. The number of rotatable bonds is 7. The molecule has 0 atom stereocenters. The monoisotopic (exact) mass is 690 g/mol. The zero-order valence-electron chi connectivity index (χ0n) is 29.4. The number of nitrogens with zero attached hydrogens (tertiary/aromatic N) is 2. The number of fused-ring (bicyclic) bond motifs is 5. The second-order valence-corrected chi connectivity index (χ2v) is 13.6. The molecule has 1 aromatic heterocycles. The molecule has 10 rings (SSSR count). The first-order chi connectivity index (χ1) is 26.8. The fourth-order valence-electron chi connectivity index (χ4n) is 7.64.